The molecule has 2 aromatic carbocycles. The number of nitrogens with one attached hydrogen (secondary N) is 1. The van der Waals surface area contributed by atoms with Crippen molar-refractivity contribution in [2.75, 3.05) is 38.7 Å². The van der Waals surface area contributed by atoms with Crippen molar-refractivity contribution in [3.63, 3.8) is 0 Å². The van der Waals surface area contributed by atoms with Gasteiger partial charge in [-0.3, -0.25) is 4.90 Å². The highest BCUT2D eigenvalue weighted by Crippen LogP contribution is 2.38. The molecule has 3 aromatic rings. The van der Waals surface area contributed by atoms with E-state index in [0.29, 0.717) is 35.6 Å². The minimum Gasteiger partial charge on any atom is -0.493 e. The van der Waals surface area contributed by atoms with Gasteiger partial charge in [0.15, 0.2) is 17.6 Å². The molecule has 35 heavy (non-hydrogen) atoms. The van der Waals surface area contributed by atoms with Gasteiger partial charge in [0.1, 0.15) is 24.4 Å². The highest BCUT2D eigenvalue weighted by molar-refractivity contribution is 9.10. The van der Waals surface area contributed by atoms with Crippen LogP contribution in [0.1, 0.15) is 13.8 Å². The van der Waals surface area contributed by atoms with Crippen LogP contribution >= 0.6 is 27.5 Å². The smallest absolute Gasteiger partial charge is 0.164 e. The molecule has 2 fully saturated rings. The first-order valence-electron chi connectivity index (χ1n) is 11.7. The molecule has 0 bridgehead atoms. The van der Waals surface area contributed by atoms with Crippen LogP contribution in [-0.2, 0) is 9.47 Å². The number of hydrogen-bond acceptors (Lipinski definition) is 8. The third-order valence-corrected chi connectivity index (χ3v) is 7.88. The fourth-order valence-corrected chi connectivity index (χ4v) is 5.27. The van der Waals surface area contributed by atoms with E-state index in [1.54, 1.807) is 7.11 Å². The number of rotatable bonds is 8. The Morgan fingerprint density at radius 1 is 1.09 bits per heavy atom. The Labute approximate surface area is 218 Å². The van der Waals surface area contributed by atoms with Crippen LogP contribution in [0.3, 0.4) is 0 Å². The van der Waals surface area contributed by atoms with Crippen molar-refractivity contribution in [1.82, 2.24) is 14.9 Å². The predicted octanol–water partition coefficient (Wildman–Crippen LogP) is 5.05. The lowest BCUT2D eigenvalue weighted by atomic mass is 10.1. The number of anilines is 2. The number of benzene rings is 2. The van der Waals surface area contributed by atoms with Gasteiger partial charge < -0.3 is 24.3 Å². The maximum Gasteiger partial charge on any atom is 0.164 e. The van der Waals surface area contributed by atoms with Crippen LogP contribution in [-0.4, -0.2) is 72.6 Å². The van der Waals surface area contributed by atoms with Crippen LogP contribution in [0.25, 0.3) is 10.9 Å². The average Bonchev–Trinajstić information content (AvgIpc) is 3.45. The van der Waals surface area contributed by atoms with Crippen molar-refractivity contribution in [3.8, 4) is 11.5 Å². The summed E-state index contributed by atoms with van der Waals surface area (Å²) < 4.78 is 25.2. The van der Waals surface area contributed by atoms with Crippen LogP contribution < -0.4 is 14.8 Å². The molecule has 2 saturated heterocycles. The fourth-order valence-electron chi connectivity index (χ4n) is 4.84. The zero-order valence-corrected chi connectivity index (χ0v) is 22.2. The molecule has 4 atom stereocenters. The highest BCUT2D eigenvalue weighted by Gasteiger charge is 2.50. The summed E-state index contributed by atoms with van der Waals surface area (Å²) in [6.45, 7) is 7.36. The number of fused-ring (bicyclic) bond motifs is 2. The van der Waals surface area contributed by atoms with Crippen molar-refractivity contribution in [3.05, 3.63) is 46.2 Å². The first kappa shape index (κ1) is 24.5. The Kier molecular flexibility index (Phi) is 7.31. The van der Waals surface area contributed by atoms with Crippen molar-refractivity contribution in [2.24, 2.45) is 0 Å². The average molecular weight is 564 g/mol. The highest BCUT2D eigenvalue weighted by atomic mass is 79.9. The van der Waals surface area contributed by atoms with E-state index in [9.17, 15) is 0 Å². The van der Waals surface area contributed by atoms with Gasteiger partial charge in [0.2, 0.25) is 0 Å². The van der Waals surface area contributed by atoms with Crippen LogP contribution in [0.15, 0.2) is 41.1 Å². The van der Waals surface area contributed by atoms with Gasteiger partial charge in [0.05, 0.1) is 36.9 Å². The molecular formula is C25H28BrClN4O4. The standard InChI is InChI=1S/C25H28BrClN4O4/c1-4-31(5-2)19-11-33-24-22(12-34-23(19)24)35-21-10-18-15(9-20(21)32-3)25(29-13-28-18)30-14-6-7-16(26)17(27)8-14/h6-10,13,19,22-24H,4-5,11-12H2,1-3H3,(H,28,29,30)/t19-,22?,23+,24+/m1/s1. The second-order valence-corrected chi connectivity index (χ2v) is 9.80. The third kappa shape index (κ3) is 4.80. The second-order valence-electron chi connectivity index (χ2n) is 8.54. The molecule has 1 N–H and O–H groups in total. The van der Waals surface area contributed by atoms with Crippen molar-refractivity contribution < 1.29 is 18.9 Å². The largest absolute Gasteiger partial charge is 0.493 e. The Morgan fingerprint density at radius 3 is 2.63 bits per heavy atom. The molecule has 3 heterocycles. The van der Waals surface area contributed by atoms with Crippen LogP contribution in [0.5, 0.6) is 11.5 Å². The van der Waals surface area contributed by atoms with E-state index in [4.69, 9.17) is 30.5 Å². The van der Waals surface area contributed by atoms with Gasteiger partial charge in [0.25, 0.3) is 0 Å². The monoisotopic (exact) mass is 562 g/mol. The lowest BCUT2D eigenvalue weighted by molar-refractivity contribution is 0.0240. The van der Waals surface area contributed by atoms with Crippen molar-refractivity contribution in [1.29, 1.82) is 0 Å². The zero-order valence-electron chi connectivity index (χ0n) is 19.8. The van der Waals surface area contributed by atoms with E-state index >= 15 is 0 Å². The number of nitrogens with zero attached hydrogens (tertiary/aromatic N) is 3. The molecule has 186 valence electrons. The van der Waals surface area contributed by atoms with E-state index in [2.05, 4.69) is 50.0 Å². The van der Waals surface area contributed by atoms with E-state index in [-0.39, 0.29) is 24.4 Å². The Hall–Kier alpha value is -2.17. The summed E-state index contributed by atoms with van der Waals surface area (Å²) in [5.74, 6) is 1.83. The normalized spacial score (nSPS) is 23.6. The lowest BCUT2D eigenvalue weighted by Gasteiger charge is -2.28. The molecule has 0 amide bonds. The molecule has 10 heteroatoms. The summed E-state index contributed by atoms with van der Waals surface area (Å²) in [6, 6.07) is 9.64. The SMILES string of the molecule is CCN(CC)[C@@H]1CO[C@H]2C(Oc3cc4ncnc(Nc5ccc(Br)c(Cl)c5)c4cc3OC)CO[C@@H]12. The molecule has 0 spiro atoms. The molecule has 5 rings (SSSR count). The summed E-state index contributed by atoms with van der Waals surface area (Å²) in [5.41, 5.74) is 1.54. The maximum atomic E-state index is 6.40. The van der Waals surface area contributed by atoms with Gasteiger partial charge in [-0.05, 0) is 53.3 Å². The predicted molar refractivity (Wildman–Crippen MR) is 139 cm³/mol. The first-order valence-corrected chi connectivity index (χ1v) is 12.9. The Morgan fingerprint density at radius 2 is 1.89 bits per heavy atom. The minimum absolute atomic E-state index is 0.00205. The van der Waals surface area contributed by atoms with Gasteiger partial charge in [-0.1, -0.05) is 25.4 Å². The summed E-state index contributed by atoms with van der Waals surface area (Å²) >= 11 is 9.67. The molecule has 1 unspecified atom stereocenters. The number of methoxy groups -OCH3 is 1. The molecule has 2 aliphatic heterocycles. The Balaban J connectivity index is 1.39. The van der Waals surface area contributed by atoms with Gasteiger partial charge in [-0.2, -0.15) is 0 Å². The maximum absolute atomic E-state index is 6.40. The quantitative estimate of drug-likeness (QED) is 0.408. The summed E-state index contributed by atoms with van der Waals surface area (Å²) in [5, 5.41) is 4.73. The molecule has 0 saturated carbocycles. The third-order valence-electron chi connectivity index (χ3n) is 6.64. The summed E-state index contributed by atoms with van der Waals surface area (Å²) in [4.78, 5) is 11.3. The van der Waals surface area contributed by atoms with Gasteiger partial charge >= 0.3 is 0 Å². The van der Waals surface area contributed by atoms with E-state index in [1.807, 2.05) is 30.3 Å². The second kappa shape index (κ2) is 10.4. The number of aromatic nitrogens is 2. The molecular weight excluding hydrogens is 536 g/mol. The van der Waals surface area contributed by atoms with Gasteiger partial charge in [0, 0.05) is 21.6 Å². The van der Waals surface area contributed by atoms with Crippen LogP contribution in [0.2, 0.25) is 5.02 Å². The lowest BCUT2D eigenvalue weighted by Crippen LogP contribution is -2.44. The van der Waals surface area contributed by atoms with E-state index < -0.39 is 0 Å². The number of likely N-dealkylation sites (N-methyl/N-ethyl adjacent to an activating group) is 1. The van der Waals surface area contributed by atoms with Gasteiger partial charge in [-0.15, -0.1) is 0 Å². The zero-order chi connectivity index (χ0) is 24.5. The molecule has 0 radical (unpaired) electrons. The minimum atomic E-state index is -0.226. The summed E-state index contributed by atoms with van der Waals surface area (Å²) in [6.07, 6.45) is 1.18. The van der Waals surface area contributed by atoms with Gasteiger partial charge in [-0.25, -0.2) is 9.97 Å². The van der Waals surface area contributed by atoms with Crippen molar-refractivity contribution in [2.45, 2.75) is 38.2 Å². The Bertz CT molecular complexity index is 1210. The number of hydrogen-bond donors (Lipinski definition) is 1. The number of ether oxygens (including phenoxy) is 4. The fraction of sp³-hybridized carbons (Fsp3) is 0.440. The molecule has 2 aliphatic rings. The van der Waals surface area contributed by atoms with E-state index in [1.165, 1.54) is 6.33 Å². The molecule has 1 aromatic heterocycles. The number of halogens is 2. The van der Waals surface area contributed by atoms with E-state index in [0.717, 1.165) is 34.2 Å². The first-order chi connectivity index (χ1) is 17.0. The molecule has 8 nitrogen and oxygen atoms in total. The van der Waals surface area contributed by atoms with Crippen LogP contribution in [0.4, 0.5) is 11.5 Å². The topological polar surface area (TPSA) is 78.0 Å². The van der Waals surface area contributed by atoms with Crippen LogP contribution in [0, 0.1) is 0 Å². The van der Waals surface area contributed by atoms with Crippen molar-refractivity contribution >= 4 is 49.9 Å². The molecule has 0 aliphatic carbocycles. The summed E-state index contributed by atoms with van der Waals surface area (Å²) in [7, 11) is 1.62.